The fraction of sp³-hybridized carbons (Fsp3) is 0.636. The third-order valence-electron chi connectivity index (χ3n) is 2.69. The highest BCUT2D eigenvalue weighted by Crippen LogP contribution is 2.19. The van der Waals surface area contributed by atoms with E-state index in [0.29, 0.717) is 13.1 Å². The number of allylic oxidation sites excluding steroid dienone is 1. The standard InChI is InChI=1S/C11H19NO3/c1-3-5-8-10(14)11(15)9(13)7-12(8)6-4-2/h3-5,8-11,13-15H,2,6-7H2,1H3/b5-3+/t8-,9+,10+,11-/m0/s1. The van der Waals surface area contributed by atoms with Crippen LogP contribution in [0, 0.1) is 0 Å². The number of likely N-dealkylation sites (tertiary alicyclic amines) is 1. The second-order valence-corrected chi connectivity index (χ2v) is 3.81. The van der Waals surface area contributed by atoms with Crippen LogP contribution in [-0.2, 0) is 0 Å². The Labute approximate surface area is 90.1 Å². The van der Waals surface area contributed by atoms with Crippen LogP contribution in [0.1, 0.15) is 6.92 Å². The molecule has 0 spiro atoms. The van der Waals surface area contributed by atoms with Crippen molar-refractivity contribution < 1.29 is 15.3 Å². The normalized spacial score (nSPS) is 38.4. The number of piperidine rings is 1. The van der Waals surface area contributed by atoms with E-state index in [1.54, 1.807) is 6.08 Å². The van der Waals surface area contributed by atoms with Gasteiger partial charge < -0.3 is 15.3 Å². The first-order chi connectivity index (χ1) is 7.11. The van der Waals surface area contributed by atoms with Crippen molar-refractivity contribution >= 4 is 0 Å². The summed E-state index contributed by atoms with van der Waals surface area (Å²) in [6.07, 6.45) is 2.43. The lowest BCUT2D eigenvalue weighted by molar-refractivity contribution is -0.124. The van der Waals surface area contributed by atoms with Crippen molar-refractivity contribution in [3.05, 3.63) is 24.8 Å². The average molecular weight is 213 g/mol. The first-order valence-electron chi connectivity index (χ1n) is 5.13. The molecule has 0 unspecified atom stereocenters. The molecule has 1 heterocycles. The molecule has 0 aromatic carbocycles. The maximum atomic E-state index is 9.80. The summed E-state index contributed by atoms with van der Waals surface area (Å²) in [5.41, 5.74) is 0. The smallest absolute Gasteiger partial charge is 0.109 e. The molecule has 86 valence electrons. The maximum absolute atomic E-state index is 9.80. The third kappa shape index (κ3) is 2.66. The molecule has 0 bridgehead atoms. The fourth-order valence-corrected chi connectivity index (χ4v) is 1.91. The summed E-state index contributed by atoms with van der Waals surface area (Å²) in [7, 11) is 0. The first-order valence-corrected chi connectivity index (χ1v) is 5.13. The molecule has 1 aliphatic rings. The topological polar surface area (TPSA) is 63.9 Å². The van der Waals surface area contributed by atoms with Gasteiger partial charge in [0.05, 0.1) is 12.1 Å². The Morgan fingerprint density at radius 2 is 2.00 bits per heavy atom. The molecule has 15 heavy (non-hydrogen) atoms. The summed E-state index contributed by atoms with van der Waals surface area (Å²) in [5.74, 6) is 0. The summed E-state index contributed by atoms with van der Waals surface area (Å²) >= 11 is 0. The van der Waals surface area contributed by atoms with Crippen LogP contribution in [-0.4, -0.2) is 57.7 Å². The summed E-state index contributed by atoms with van der Waals surface area (Å²) in [4.78, 5) is 1.88. The van der Waals surface area contributed by atoms with Gasteiger partial charge >= 0.3 is 0 Å². The molecule has 1 fully saturated rings. The van der Waals surface area contributed by atoms with Crippen molar-refractivity contribution in [2.75, 3.05) is 13.1 Å². The number of rotatable bonds is 3. The fourth-order valence-electron chi connectivity index (χ4n) is 1.91. The minimum absolute atomic E-state index is 0.258. The molecule has 1 saturated heterocycles. The van der Waals surface area contributed by atoms with Crippen LogP contribution in [0.2, 0.25) is 0 Å². The first kappa shape index (κ1) is 12.4. The van der Waals surface area contributed by atoms with Crippen molar-refractivity contribution in [1.29, 1.82) is 0 Å². The van der Waals surface area contributed by atoms with Crippen LogP contribution >= 0.6 is 0 Å². The van der Waals surface area contributed by atoms with Crippen molar-refractivity contribution in [3.8, 4) is 0 Å². The van der Waals surface area contributed by atoms with E-state index in [2.05, 4.69) is 6.58 Å². The van der Waals surface area contributed by atoms with Crippen molar-refractivity contribution in [2.45, 2.75) is 31.3 Å². The molecule has 0 saturated carbocycles. The number of nitrogens with zero attached hydrogens (tertiary/aromatic N) is 1. The van der Waals surface area contributed by atoms with Gasteiger partial charge in [0.25, 0.3) is 0 Å². The van der Waals surface area contributed by atoms with Crippen LogP contribution in [0.15, 0.2) is 24.8 Å². The van der Waals surface area contributed by atoms with Gasteiger partial charge in [-0.15, -0.1) is 6.58 Å². The minimum atomic E-state index is -1.08. The van der Waals surface area contributed by atoms with E-state index in [9.17, 15) is 15.3 Å². The number of hydrogen-bond acceptors (Lipinski definition) is 4. The molecule has 3 N–H and O–H groups in total. The molecule has 0 aliphatic carbocycles. The van der Waals surface area contributed by atoms with E-state index < -0.39 is 18.3 Å². The lowest BCUT2D eigenvalue weighted by Crippen LogP contribution is -2.60. The predicted molar refractivity (Wildman–Crippen MR) is 58.4 cm³/mol. The van der Waals surface area contributed by atoms with Crippen LogP contribution in [0.3, 0.4) is 0 Å². The zero-order chi connectivity index (χ0) is 11.4. The van der Waals surface area contributed by atoms with E-state index in [-0.39, 0.29) is 6.04 Å². The van der Waals surface area contributed by atoms with Gasteiger partial charge in [-0.05, 0) is 6.92 Å². The number of hydrogen-bond donors (Lipinski definition) is 3. The second-order valence-electron chi connectivity index (χ2n) is 3.81. The van der Waals surface area contributed by atoms with E-state index in [4.69, 9.17) is 0 Å². The summed E-state index contributed by atoms with van der Waals surface area (Å²) in [6.45, 7) is 6.41. The predicted octanol–water partition coefficient (Wildman–Crippen LogP) is -0.485. The number of aliphatic hydroxyl groups excluding tert-OH is 3. The van der Waals surface area contributed by atoms with Crippen molar-refractivity contribution in [2.24, 2.45) is 0 Å². The highest BCUT2D eigenvalue weighted by molar-refractivity contribution is 5.05. The molecular formula is C11H19NO3. The monoisotopic (exact) mass is 213 g/mol. The Morgan fingerprint density at radius 1 is 1.33 bits per heavy atom. The lowest BCUT2D eigenvalue weighted by atomic mass is 9.93. The quantitative estimate of drug-likeness (QED) is 0.554. The molecule has 4 atom stereocenters. The Hall–Kier alpha value is -0.680. The molecule has 0 aromatic rings. The molecule has 4 heteroatoms. The van der Waals surface area contributed by atoms with Gasteiger partial charge in [-0.25, -0.2) is 0 Å². The molecule has 0 amide bonds. The lowest BCUT2D eigenvalue weighted by Gasteiger charge is -2.42. The van der Waals surface area contributed by atoms with Gasteiger partial charge in [0, 0.05) is 13.1 Å². The Morgan fingerprint density at radius 3 is 2.53 bits per heavy atom. The van der Waals surface area contributed by atoms with Crippen LogP contribution in [0.5, 0.6) is 0 Å². The zero-order valence-electron chi connectivity index (χ0n) is 8.95. The number of β-amino-alcohol motifs (C(OH)–C–C–N with tert-alkyl or cyclic N) is 1. The van der Waals surface area contributed by atoms with E-state index in [1.807, 2.05) is 24.0 Å². The summed E-state index contributed by atoms with van der Waals surface area (Å²) < 4.78 is 0. The molecule has 0 radical (unpaired) electrons. The van der Waals surface area contributed by atoms with Gasteiger partial charge in [0.15, 0.2) is 0 Å². The largest absolute Gasteiger partial charge is 0.389 e. The van der Waals surface area contributed by atoms with Crippen LogP contribution in [0.25, 0.3) is 0 Å². The minimum Gasteiger partial charge on any atom is -0.389 e. The molecule has 1 aliphatic heterocycles. The zero-order valence-corrected chi connectivity index (χ0v) is 8.95. The Kier molecular flexibility index (Phi) is 4.47. The third-order valence-corrected chi connectivity index (χ3v) is 2.69. The van der Waals surface area contributed by atoms with Crippen LogP contribution in [0.4, 0.5) is 0 Å². The molecule has 0 aromatic heterocycles. The maximum Gasteiger partial charge on any atom is 0.109 e. The van der Waals surface area contributed by atoms with E-state index >= 15 is 0 Å². The SMILES string of the molecule is C=CCN1C[C@@H](O)[C@H](O)[C@H](O)[C@@H]1/C=C/C. The Balaban J connectivity index is 2.80. The highest BCUT2D eigenvalue weighted by atomic mass is 16.4. The Bertz CT molecular complexity index is 242. The summed E-state index contributed by atoms with van der Waals surface area (Å²) in [5, 5.41) is 28.9. The van der Waals surface area contributed by atoms with Crippen molar-refractivity contribution in [1.82, 2.24) is 4.90 Å². The van der Waals surface area contributed by atoms with Gasteiger partial charge in [0.2, 0.25) is 0 Å². The van der Waals surface area contributed by atoms with Crippen LogP contribution < -0.4 is 0 Å². The molecule has 1 rings (SSSR count). The van der Waals surface area contributed by atoms with Gasteiger partial charge in [-0.2, -0.15) is 0 Å². The summed E-state index contributed by atoms with van der Waals surface area (Å²) in [6, 6.07) is -0.258. The molecular weight excluding hydrogens is 194 g/mol. The van der Waals surface area contributed by atoms with Crippen molar-refractivity contribution in [3.63, 3.8) is 0 Å². The molecule has 4 nitrogen and oxygen atoms in total. The van der Waals surface area contributed by atoms with E-state index in [1.165, 1.54) is 0 Å². The van der Waals surface area contributed by atoms with Gasteiger partial charge in [-0.3, -0.25) is 4.90 Å². The van der Waals surface area contributed by atoms with E-state index in [0.717, 1.165) is 0 Å². The van der Waals surface area contributed by atoms with Gasteiger partial charge in [-0.1, -0.05) is 18.2 Å². The second kappa shape index (κ2) is 5.42. The number of aliphatic hydroxyl groups is 3. The average Bonchev–Trinajstić information content (AvgIpc) is 2.21. The van der Waals surface area contributed by atoms with Gasteiger partial charge in [0.1, 0.15) is 12.2 Å². The highest BCUT2D eigenvalue weighted by Gasteiger charge is 2.39.